The van der Waals surface area contributed by atoms with Crippen molar-refractivity contribution < 1.29 is 47.1 Å². The Balaban J connectivity index is 0. The summed E-state index contributed by atoms with van der Waals surface area (Å²) in [6, 6.07) is 30.0. The predicted molar refractivity (Wildman–Crippen MR) is 115 cm³/mol. The minimum atomic E-state index is -2.88. The average molecular weight is 478 g/mol. The van der Waals surface area contributed by atoms with E-state index in [2.05, 4.69) is 0 Å². The summed E-state index contributed by atoms with van der Waals surface area (Å²) in [4.78, 5) is 11.6. The van der Waals surface area contributed by atoms with Crippen LogP contribution < -0.4 is 15.6 Å². The van der Waals surface area contributed by atoms with Gasteiger partial charge in [0.2, 0.25) is 0 Å². The fraction of sp³-hybridized carbons (Fsp3) is 0.182. The van der Waals surface area contributed by atoms with Crippen LogP contribution in [0.5, 0.6) is 0 Å². The van der Waals surface area contributed by atoms with Crippen LogP contribution in [0.2, 0.25) is 0 Å². The fourth-order valence-corrected chi connectivity index (χ4v) is 5.56. The molecule has 3 aromatic rings. The number of hydrogen-bond donors (Lipinski definition) is 2. The zero-order chi connectivity index (χ0) is 18.1. The number of aliphatic hydroxyl groups is 1. The minimum Gasteiger partial charge on any atom is -0.421 e. The number of benzene rings is 3. The molecule has 0 saturated carbocycles. The molecule has 1 atom stereocenters. The van der Waals surface area contributed by atoms with Crippen LogP contribution in [0.1, 0.15) is 20.3 Å². The first-order valence-electron chi connectivity index (χ1n) is 8.66. The number of aliphatic hydroxyl groups excluding tert-OH is 1. The van der Waals surface area contributed by atoms with Crippen LogP contribution >= 0.6 is 0 Å². The van der Waals surface area contributed by atoms with Crippen molar-refractivity contribution in [2.75, 3.05) is 0 Å². The summed E-state index contributed by atoms with van der Waals surface area (Å²) in [5, 5.41) is 11.4. The van der Waals surface area contributed by atoms with E-state index in [1.807, 2.05) is 97.9 Å². The van der Waals surface area contributed by atoms with Gasteiger partial charge in [-0.05, 0) is 28.9 Å². The molecule has 0 heterocycles. The van der Waals surface area contributed by atoms with Gasteiger partial charge >= 0.3 is 0 Å². The maximum atomic E-state index is 11.6. The molecule has 0 aliphatic carbocycles. The van der Waals surface area contributed by atoms with E-state index >= 15 is 0 Å². The van der Waals surface area contributed by atoms with Crippen LogP contribution in [0, 0.1) is 0 Å². The quantitative estimate of drug-likeness (QED) is 0.428. The van der Waals surface area contributed by atoms with E-state index in [1.54, 1.807) is 6.92 Å². The SMILES string of the molecule is CCC(C)O.O.O.O[Si](c1ccccc1)(c1ccccc1)c1ccccc1.[Zr]. The first kappa shape index (κ1) is 28.8. The Morgan fingerprint density at radius 3 is 1.07 bits per heavy atom. The molecule has 4 nitrogen and oxygen atoms in total. The van der Waals surface area contributed by atoms with Crippen molar-refractivity contribution in [3.8, 4) is 0 Å². The maximum absolute atomic E-state index is 11.6. The third kappa shape index (κ3) is 7.55. The Morgan fingerprint density at radius 1 is 0.679 bits per heavy atom. The van der Waals surface area contributed by atoms with Gasteiger partial charge in [-0.3, -0.25) is 0 Å². The van der Waals surface area contributed by atoms with Gasteiger partial charge in [-0.1, -0.05) is 97.9 Å². The summed E-state index contributed by atoms with van der Waals surface area (Å²) < 4.78 is 0. The Bertz CT molecular complexity index is 644. The summed E-state index contributed by atoms with van der Waals surface area (Å²) in [7, 11) is -2.88. The summed E-state index contributed by atoms with van der Waals surface area (Å²) in [5.41, 5.74) is 0. The number of hydrogen-bond acceptors (Lipinski definition) is 2. The Labute approximate surface area is 187 Å². The van der Waals surface area contributed by atoms with Crippen molar-refractivity contribution in [1.29, 1.82) is 0 Å². The molecule has 0 bridgehead atoms. The van der Waals surface area contributed by atoms with Crippen LogP contribution in [0.4, 0.5) is 0 Å². The molecule has 6 N–H and O–H groups in total. The van der Waals surface area contributed by atoms with Crippen molar-refractivity contribution in [3.05, 3.63) is 91.0 Å². The zero-order valence-electron chi connectivity index (χ0n) is 16.3. The molecule has 0 amide bonds. The molecule has 1 unspecified atom stereocenters. The molecule has 6 heteroatoms. The van der Waals surface area contributed by atoms with Crippen molar-refractivity contribution in [2.24, 2.45) is 0 Å². The first-order valence-corrected chi connectivity index (χ1v) is 10.6. The average Bonchev–Trinajstić information content (AvgIpc) is 2.70. The topological polar surface area (TPSA) is 103 Å². The molecule has 3 rings (SSSR count). The van der Waals surface area contributed by atoms with Crippen molar-refractivity contribution in [1.82, 2.24) is 0 Å². The molecule has 28 heavy (non-hydrogen) atoms. The Hall–Kier alpha value is -1.40. The second-order valence-corrected chi connectivity index (χ2v) is 9.22. The van der Waals surface area contributed by atoms with Crippen LogP contribution in [0.25, 0.3) is 0 Å². The summed E-state index contributed by atoms with van der Waals surface area (Å²) in [6.45, 7) is 3.73. The maximum Gasteiger partial charge on any atom is 0.285 e. The minimum absolute atomic E-state index is 0. The van der Waals surface area contributed by atoms with Crippen LogP contribution in [0.3, 0.4) is 0 Å². The van der Waals surface area contributed by atoms with E-state index in [-0.39, 0.29) is 43.3 Å². The molecule has 150 valence electrons. The van der Waals surface area contributed by atoms with Gasteiger partial charge in [-0.2, -0.15) is 0 Å². The predicted octanol–water partition coefficient (Wildman–Crippen LogP) is 0.771. The molecule has 0 aromatic heterocycles. The van der Waals surface area contributed by atoms with Crippen molar-refractivity contribution in [2.45, 2.75) is 26.4 Å². The summed E-state index contributed by atoms with van der Waals surface area (Å²) in [6.07, 6.45) is 0.745. The Kier molecular flexibility index (Phi) is 15.0. The zero-order valence-corrected chi connectivity index (χ0v) is 19.8. The fourth-order valence-electron chi connectivity index (χ4n) is 2.54. The smallest absolute Gasteiger partial charge is 0.285 e. The van der Waals surface area contributed by atoms with Gasteiger partial charge in [-0.25, -0.2) is 0 Å². The molecular formula is C22H30O4SiZr. The van der Waals surface area contributed by atoms with E-state index < -0.39 is 8.32 Å². The normalized spacial score (nSPS) is 10.7. The molecule has 0 aliphatic heterocycles. The van der Waals surface area contributed by atoms with Gasteiger partial charge in [0.05, 0.1) is 6.10 Å². The van der Waals surface area contributed by atoms with Gasteiger partial charge in [0.15, 0.2) is 0 Å². The summed E-state index contributed by atoms with van der Waals surface area (Å²) in [5.74, 6) is 0. The molecule has 0 aliphatic rings. The van der Waals surface area contributed by atoms with Gasteiger partial charge in [-0.15, -0.1) is 0 Å². The number of rotatable bonds is 4. The molecule has 3 aromatic carbocycles. The van der Waals surface area contributed by atoms with E-state index in [9.17, 15) is 4.80 Å². The van der Waals surface area contributed by atoms with Crippen molar-refractivity contribution in [3.63, 3.8) is 0 Å². The second-order valence-electron chi connectivity index (χ2n) is 6.07. The third-order valence-electron chi connectivity index (χ3n) is 4.17. The van der Waals surface area contributed by atoms with Crippen molar-refractivity contribution >= 4 is 23.9 Å². The first-order chi connectivity index (χ1) is 12.1. The molecule has 0 radical (unpaired) electrons. The van der Waals surface area contributed by atoms with Crippen LogP contribution in [0.15, 0.2) is 91.0 Å². The van der Waals surface area contributed by atoms with Gasteiger partial charge in [0.25, 0.3) is 8.32 Å². The molecule has 0 fully saturated rings. The molecular weight excluding hydrogens is 448 g/mol. The van der Waals surface area contributed by atoms with Gasteiger partial charge < -0.3 is 20.9 Å². The van der Waals surface area contributed by atoms with E-state index in [0.29, 0.717) is 0 Å². The van der Waals surface area contributed by atoms with E-state index in [4.69, 9.17) is 5.11 Å². The molecule has 0 spiro atoms. The molecule has 0 saturated heterocycles. The standard InChI is InChI=1S/C18H16OSi.C4H10O.2H2O.Zr/c19-20(16-10-4-1-5-11-16,17-12-6-2-7-13-17)18-14-8-3-9-15-18;1-3-4(2)5;;;/h1-15,19H;4-5H,3H2,1-2H3;2*1H2;. The van der Waals surface area contributed by atoms with Crippen LogP contribution in [-0.2, 0) is 26.2 Å². The second kappa shape index (κ2) is 14.6. The largest absolute Gasteiger partial charge is 0.421 e. The monoisotopic (exact) mass is 476 g/mol. The third-order valence-corrected chi connectivity index (χ3v) is 7.67. The van der Waals surface area contributed by atoms with E-state index in [1.165, 1.54) is 0 Å². The summed E-state index contributed by atoms with van der Waals surface area (Å²) >= 11 is 0. The van der Waals surface area contributed by atoms with Gasteiger partial charge in [0.1, 0.15) is 0 Å². The Morgan fingerprint density at radius 2 is 0.893 bits per heavy atom. The van der Waals surface area contributed by atoms with Crippen LogP contribution in [-0.4, -0.2) is 35.3 Å². The van der Waals surface area contributed by atoms with Gasteiger partial charge in [0, 0.05) is 26.2 Å². The van der Waals surface area contributed by atoms with E-state index in [0.717, 1.165) is 22.0 Å².